The average Bonchev–Trinajstić information content (AvgIpc) is 2.80. The SMILES string of the molecule is COc1ccc(C=Nc2nccs2)cc1. The molecular weight excluding hydrogens is 208 g/mol. The first-order valence-corrected chi connectivity index (χ1v) is 5.34. The zero-order valence-electron chi connectivity index (χ0n) is 8.25. The maximum atomic E-state index is 5.06. The Bertz CT molecular complexity index is 434. The van der Waals surface area contributed by atoms with Crippen LogP contribution in [0.5, 0.6) is 5.75 Å². The van der Waals surface area contributed by atoms with Gasteiger partial charge in [0.05, 0.1) is 7.11 Å². The molecule has 1 aromatic heterocycles. The third-order valence-electron chi connectivity index (χ3n) is 1.86. The van der Waals surface area contributed by atoms with Crippen LogP contribution in [0.4, 0.5) is 5.13 Å². The standard InChI is InChI=1S/C11H10N2OS/c1-14-10-4-2-9(3-5-10)8-13-11-12-6-7-15-11/h2-8H,1H3. The second-order valence-corrected chi connectivity index (χ2v) is 3.72. The molecule has 0 aliphatic heterocycles. The van der Waals surface area contributed by atoms with Crippen molar-refractivity contribution in [3.63, 3.8) is 0 Å². The maximum absolute atomic E-state index is 5.06. The van der Waals surface area contributed by atoms with E-state index in [0.717, 1.165) is 16.4 Å². The van der Waals surface area contributed by atoms with Gasteiger partial charge in [-0.2, -0.15) is 0 Å². The molecule has 0 unspecified atom stereocenters. The number of rotatable bonds is 3. The molecule has 0 aliphatic rings. The summed E-state index contributed by atoms with van der Waals surface area (Å²) < 4.78 is 5.06. The molecule has 15 heavy (non-hydrogen) atoms. The van der Waals surface area contributed by atoms with Gasteiger partial charge in [-0.25, -0.2) is 9.98 Å². The molecule has 4 heteroatoms. The molecule has 0 saturated carbocycles. The lowest BCUT2D eigenvalue weighted by Crippen LogP contribution is -1.84. The van der Waals surface area contributed by atoms with Crippen LogP contribution in [-0.2, 0) is 0 Å². The van der Waals surface area contributed by atoms with Crippen LogP contribution in [0.15, 0.2) is 40.8 Å². The number of aliphatic imine (C=N–C) groups is 1. The Morgan fingerprint density at radius 1 is 1.33 bits per heavy atom. The first kappa shape index (κ1) is 9.86. The summed E-state index contributed by atoms with van der Waals surface area (Å²) in [6, 6.07) is 7.72. The molecule has 0 fully saturated rings. The number of hydrogen-bond donors (Lipinski definition) is 0. The predicted octanol–water partition coefficient (Wildman–Crippen LogP) is 2.90. The minimum Gasteiger partial charge on any atom is -0.497 e. The van der Waals surface area contributed by atoms with Crippen molar-refractivity contribution in [2.24, 2.45) is 4.99 Å². The topological polar surface area (TPSA) is 34.5 Å². The highest BCUT2D eigenvalue weighted by Gasteiger charge is 1.92. The molecule has 0 aliphatic carbocycles. The molecular formula is C11H10N2OS. The van der Waals surface area contributed by atoms with Crippen LogP contribution in [0.25, 0.3) is 0 Å². The van der Waals surface area contributed by atoms with E-state index < -0.39 is 0 Å². The molecule has 1 heterocycles. The number of methoxy groups -OCH3 is 1. The van der Waals surface area contributed by atoms with Crippen LogP contribution in [-0.4, -0.2) is 18.3 Å². The van der Waals surface area contributed by atoms with E-state index in [1.165, 1.54) is 11.3 Å². The fourth-order valence-electron chi connectivity index (χ4n) is 1.10. The highest BCUT2D eigenvalue weighted by molar-refractivity contribution is 7.13. The molecule has 2 rings (SSSR count). The predicted molar refractivity (Wildman–Crippen MR) is 62.4 cm³/mol. The molecule has 0 spiro atoms. The first-order valence-electron chi connectivity index (χ1n) is 4.46. The van der Waals surface area contributed by atoms with Crippen molar-refractivity contribution in [2.75, 3.05) is 7.11 Å². The molecule has 0 radical (unpaired) electrons. The Morgan fingerprint density at radius 3 is 2.73 bits per heavy atom. The highest BCUT2D eigenvalue weighted by Crippen LogP contribution is 2.15. The zero-order valence-corrected chi connectivity index (χ0v) is 9.07. The van der Waals surface area contributed by atoms with E-state index in [2.05, 4.69) is 9.98 Å². The summed E-state index contributed by atoms with van der Waals surface area (Å²) in [6.45, 7) is 0. The normalized spacial score (nSPS) is 10.7. The van der Waals surface area contributed by atoms with Gasteiger partial charge in [0.15, 0.2) is 0 Å². The minimum atomic E-state index is 0.769. The van der Waals surface area contributed by atoms with Crippen LogP contribution in [0.2, 0.25) is 0 Å². The summed E-state index contributed by atoms with van der Waals surface area (Å²) in [7, 11) is 1.65. The van der Waals surface area contributed by atoms with Crippen LogP contribution in [0.3, 0.4) is 0 Å². The van der Waals surface area contributed by atoms with Crippen molar-refractivity contribution in [3.8, 4) is 5.75 Å². The zero-order chi connectivity index (χ0) is 10.5. The maximum Gasteiger partial charge on any atom is 0.208 e. The summed E-state index contributed by atoms with van der Waals surface area (Å²) in [4.78, 5) is 8.29. The summed E-state index contributed by atoms with van der Waals surface area (Å²) in [5.41, 5.74) is 1.03. The van der Waals surface area contributed by atoms with Gasteiger partial charge in [0, 0.05) is 17.8 Å². The van der Waals surface area contributed by atoms with E-state index in [9.17, 15) is 0 Å². The second-order valence-electron chi connectivity index (χ2n) is 2.85. The summed E-state index contributed by atoms with van der Waals surface area (Å²) in [5.74, 6) is 0.849. The van der Waals surface area contributed by atoms with Crippen LogP contribution in [0, 0.1) is 0 Å². The summed E-state index contributed by atoms with van der Waals surface area (Å²) in [5, 5.41) is 2.67. The third-order valence-corrected chi connectivity index (χ3v) is 2.54. The molecule has 0 saturated heterocycles. The van der Waals surface area contributed by atoms with E-state index in [-0.39, 0.29) is 0 Å². The van der Waals surface area contributed by atoms with Crippen molar-refractivity contribution in [1.29, 1.82) is 0 Å². The minimum absolute atomic E-state index is 0.769. The molecule has 1 aromatic carbocycles. The number of thiazole rings is 1. The van der Waals surface area contributed by atoms with Crippen molar-refractivity contribution in [1.82, 2.24) is 4.98 Å². The van der Waals surface area contributed by atoms with Gasteiger partial charge in [0.1, 0.15) is 5.75 Å². The molecule has 76 valence electrons. The van der Waals surface area contributed by atoms with Crippen LogP contribution in [0.1, 0.15) is 5.56 Å². The van der Waals surface area contributed by atoms with Gasteiger partial charge in [-0.1, -0.05) is 0 Å². The van der Waals surface area contributed by atoms with Gasteiger partial charge in [-0.3, -0.25) is 0 Å². The van der Waals surface area contributed by atoms with Crippen molar-refractivity contribution < 1.29 is 4.74 Å². The quantitative estimate of drug-likeness (QED) is 0.742. The lowest BCUT2D eigenvalue weighted by Gasteiger charge is -1.98. The van der Waals surface area contributed by atoms with E-state index in [4.69, 9.17) is 4.74 Å². The second kappa shape index (κ2) is 4.70. The number of nitrogens with zero attached hydrogens (tertiary/aromatic N) is 2. The van der Waals surface area contributed by atoms with Gasteiger partial charge in [-0.05, 0) is 29.8 Å². The van der Waals surface area contributed by atoms with Gasteiger partial charge < -0.3 is 4.74 Å². The average molecular weight is 218 g/mol. The van der Waals surface area contributed by atoms with Gasteiger partial charge in [0.25, 0.3) is 0 Å². The fraction of sp³-hybridized carbons (Fsp3) is 0.0909. The smallest absolute Gasteiger partial charge is 0.208 e. The molecule has 3 nitrogen and oxygen atoms in total. The van der Waals surface area contributed by atoms with Crippen molar-refractivity contribution in [2.45, 2.75) is 0 Å². The Balaban J connectivity index is 2.11. The Labute approximate surface area is 92.1 Å². The largest absolute Gasteiger partial charge is 0.497 e. The number of aromatic nitrogens is 1. The molecule has 0 amide bonds. The Morgan fingerprint density at radius 2 is 2.13 bits per heavy atom. The summed E-state index contributed by atoms with van der Waals surface area (Å²) >= 11 is 1.52. The molecule has 0 N–H and O–H groups in total. The monoisotopic (exact) mass is 218 g/mol. The van der Waals surface area contributed by atoms with Crippen LogP contribution < -0.4 is 4.74 Å². The van der Waals surface area contributed by atoms with E-state index in [0.29, 0.717) is 0 Å². The Hall–Kier alpha value is -1.68. The molecule has 0 atom stereocenters. The van der Waals surface area contributed by atoms with E-state index in [1.807, 2.05) is 29.6 Å². The van der Waals surface area contributed by atoms with Gasteiger partial charge in [-0.15, -0.1) is 11.3 Å². The van der Waals surface area contributed by atoms with E-state index in [1.54, 1.807) is 19.5 Å². The van der Waals surface area contributed by atoms with E-state index >= 15 is 0 Å². The lowest BCUT2D eigenvalue weighted by atomic mass is 10.2. The molecule has 2 aromatic rings. The van der Waals surface area contributed by atoms with Gasteiger partial charge in [0.2, 0.25) is 5.13 Å². The van der Waals surface area contributed by atoms with Crippen molar-refractivity contribution >= 4 is 22.7 Å². The Kier molecular flexibility index (Phi) is 3.09. The first-order chi connectivity index (χ1) is 7.38. The number of benzene rings is 1. The fourth-order valence-corrected chi connectivity index (χ4v) is 1.58. The number of ether oxygens (including phenoxy) is 1. The van der Waals surface area contributed by atoms with Crippen molar-refractivity contribution in [3.05, 3.63) is 41.4 Å². The highest BCUT2D eigenvalue weighted by atomic mass is 32.1. The van der Waals surface area contributed by atoms with Crippen LogP contribution >= 0.6 is 11.3 Å². The lowest BCUT2D eigenvalue weighted by molar-refractivity contribution is 0.415. The third kappa shape index (κ3) is 2.63. The van der Waals surface area contributed by atoms with Gasteiger partial charge >= 0.3 is 0 Å². The number of hydrogen-bond acceptors (Lipinski definition) is 4. The molecule has 0 bridgehead atoms. The summed E-state index contributed by atoms with van der Waals surface area (Å²) in [6.07, 6.45) is 3.53.